The van der Waals surface area contributed by atoms with Crippen molar-refractivity contribution in [3.63, 3.8) is 0 Å². The van der Waals surface area contributed by atoms with Crippen LogP contribution in [0.1, 0.15) is 154 Å². The predicted molar refractivity (Wildman–Crippen MR) is 413 cm³/mol. The first-order valence-corrected chi connectivity index (χ1v) is 46.9. The summed E-state index contributed by atoms with van der Waals surface area (Å²) >= 11 is 0. The van der Waals surface area contributed by atoms with Crippen molar-refractivity contribution < 1.29 is 161 Å². The topological polar surface area (TPSA) is 727 Å². The number of unbranched alkanes of at least 4 members (excludes halogenated alkanes) is 2. The van der Waals surface area contributed by atoms with Crippen molar-refractivity contribution in [2.24, 2.45) is 21.7 Å². The van der Waals surface area contributed by atoms with Gasteiger partial charge in [0.25, 0.3) is 0 Å². The molecule has 4 aromatic heterocycles. The highest BCUT2D eigenvalue weighted by Gasteiger charge is 2.53. The number of fused-ring (bicyclic) bond motifs is 2. The van der Waals surface area contributed by atoms with Gasteiger partial charge in [-0.3, -0.25) is 65.0 Å². The van der Waals surface area contributed by atoms with E-state index in [4.69, 9.17) is 39.0 Å². The van der Waals surface area contributed by atoms with Crippen LogP contribution in [-0.2, 0) is 114 Å². The molecule has 4 aliphatic rings. The van der Waals surface area contributed by atoms with Crippen LogP contribution in [0.5, 0.6) is 0 Å². The van der Waals surface area contributed by atoms with Gasteiger partial charge in [0.05, 0.1) is 39.1 Å². The number of benzene rings is 1. The molecule has 0 bridgehead atoms. The maximum absolute atomic E-state index is 13.1. The van der Waals surface area contributed by atoms with E-state index in [0.29, 0.717) is 12.8 Å². The van der Waals surface area contributed by atoms with Crippen molar-refractivity contribution in [3.8, 4) is 0 Å². The molecule has 670 valence electrons. The van der Waals surface area contributed by atoms with E-state index in [1.807, 2.05) is 12.1 Å². The van der Waals surface area contributed by atoms with Crippen LogP contribution in [0.15, 0.2) is 49.6 Å². The summed E-state index contributed by atoms with van der Waals surface area (Å²) in [5.41, 5.74) is 10.7. The van der Waals surface area contributed by atoms with Crippen molar-refractivity contribution in [2.75, 3.05) is 64.1 Å². The number of aryl methyl sites for hydroxylation is 2. The third kappa shape index (κ3) is 28.6. The summed E-state index contributed by atoms with van der Waals surface area (Å²) in [6.45, 7) is 0.318. The summed E-state index contributed by atoms with van der Waals surface area (Å²) in [7, 11) is -33.2. The van der Waals surface area contributed by atoms with Crippen LogP contribution in [0.2, 0.25) is 0 Å². The number of rotatable bonds is 52. The fourth-order valence-corrected chi connectivity index (χ4v) is 19.3. The molecule has 2 aliphatic carbocycles. The molecule has 14 atom stereocenters. The van der Waals surface area contributed by atoms with Crippen LogP contribution in [-0.4, -0.2) is 235 Å². The maximum atomic E-state index is 13.1. The van der Waals surface area contributed by atoms with E-state index in [9.17, 15) is 116 Å². The van der Waals surface area contributed by atoms with E-state index in [2.05, 4.69) is 81.0 Å². The first-order valence-electron chi connectivity index (χ1n) is 37.9. The molecule has 14 unspecified atom stereocenters. The number of imidazole rings is 2. The number of hydrogen-bond acceptors (Lipinski definition) is 34. The number of carbonyl (C=O) groups excluding carboxylic acids is 6. The molecule has 20 N–H and O–H groups in total. The van der Waals surface area contributed by atoms with E-state index < -0.39 is 169 Å². The molecule has 48 nitrogen and oxygen atoms in total. The molecule has 4 fully saturated rings. The summed E-state index contributed by atoms with van der Waals surface area (Å²) in [5, 5.41) is 53.7. The number of nitrogen functional groups attached to an aromatic ring is 2. The summed E-state index contributed by atoms with van der Waals surface area (Å²) in [6.07, 6.45) is -2.71. The molecule has 2 aliphatic heterocycles. The van der Waals surface area contributed by atoms with Gasteiger partial charge < -0.3 is 102 Å². The van der Waals surface area contributed by atoms with Gasteiger partial charge in [-0.1, -0.05) is 64.8 Å². The third-order valence-corrected chi connectivity index (χ3v) is 26.8. The minimum absolute atomic E-state index is 0.00219. The molecule has 4 amide bonds. The molecule has 2 saturated heterocycles. The summed E-state index contributed by atoms with van der Waals surface area (Å²) in [6, 6.07) is 8.28. The number of nitrogens with one attached hydrogen (secondary N) is 4. The van der Waals surface area contributed by atoms with Crippen molar-refractivity contribution in [3.05, 3.63) is 60.7 Å². The monoisotopic (exact) mass is 1820 g/mol. The van der Waals surface area contributed by atoms with Gasteiger partial charge in [0.15, 0.2) is 35.4 Å². The predicted octanol–water partition coefficient (Wildman–Crippen LogP) is 2.21. The quantitative estimate of drug-likeness (QED) is 0.0196. The number of hydrogen-bond donors (Lipinski definition) is 18. The highest BCUT2D eigenvalue weighted by Crippen LogP contribution is 2.63. The van der Waals surface area contributed by atoms with Crippen molar-refractivity contribution >= 4 is 116 Å². The number of nitrogens with zero attached hydrogens (tertiary/aromatic N) is 8. The van der Waals surface area contributed by atoms with Crippen molar-refractivity contribution in [2.45, 2.75) is 205 Å². The van der Waals surface area contributed by atoms with Crippen LogP contribution >= 0.6 is 46.9 Å². The lowest BCUT2D eigenvalue weighted by Gasteiger charge is -2.30. The number of carbonyl (C=O) groups is 6. The van der Waals surface area contributed by atoms with Crippen LogP contribution in [0.3, 0.4) is 0 Å². The number of amides is 4. The van der Waals surface area contributed by atoms with Gasteiger partial charge in [-0.25, -0.2) is 57.3 Å². The molecule has 2 saturated carbocycles. The molecule has 5 aromatic rings. The molecule has 1 aromatic carbocycles. The molecular formula is C66H102N14O34P6. The zero-order chi connectivity index (χ0) is 88.2. The summed E-state index contributed by atoms with van der Waals surface area (Å²) in [4.78, 5) is 181. The number of phosphoric ester groups is 6. The molecule has 120 heavy (non-hydrogen) atoms. The fourth-order valence-electron chi connectivity index (χ4n) is 13.6. The fraction of sp³-hybridized carbons (Fsp3) is 0.667. The number of anilines is 2. The summed E-state index contributed by atoms with van der Waals surface area (Å²) < 4.78 is 126. The SMILES string of the molecule is CC(C)(COP(=O)(O)OP(=O)(O)OCC1OC(n2cnc3c(N)ncnc32)C(O)C1OP(=O)(O)O)C(O)C(=O)NCCC(=O)NCCC(=O)CC1(CCCCc2ccccc2CCCCC2(CC(=O)CCNC(=O)CCNC(=O)C(O)C(C)(C)COP(=O)(O)OP(=O)(O)OCC3OC(n4cnc5c(N)ncnc54)C(O)C3OP(=O)(O)O)CC2)CC1. The van der Waals surface area contributed by atoms with Gasteiger partial charge in [0.1, 0.15) is 84.1 Å². The normalized spacial score (nSPS) is 22.9. The largest absolute Gasteiger partial charge is 0.481 e. The smallest absolute Gasteiger partial charge is 0.386 e. The Hall–Kier alpha value is -6.36. The van der Waals surface area contributed by atoms with Gasteiger partial charge in [0, 0.05) is 75.5 Å². The van der Waals surface area contributed by atoms with Crippen LogP contribution < -0.4 is 32.7 Å². The number of aliphatic hydroxyl groups is 4. The lowest BCUT2D eigenvalue weighted by Crippen LogP contribution is -2.46. The maximum Gasteiger partial charge on any atom is 0.481 e. The van der Waals surface area contributed by atoms with Gasteiger partial charge in [-0.2, -0.15) is 8.62 Å². The number of ketones is 2. The Morgan fingerprint density at radius 3 is 1.22 bits per heavy atom. The highest BCUT2D eigenvalue weighted by atomic mass is 31.3. The van der Waals surface area contributed by atoms with Gasteiger partial charge in [0.2, 0.25) is 23.6 Å². The lowest BCUT2D eigenvalue weighted by atomic mass is 9.87. The van der Waals surface area contributed by atoms with E-state index in [0.717, 1.165) is 111 Å². The standard InChI is InChI=1S/C66H102N14O34P6/c1-63(2,33-107-119(101,102)113-117(97,98)105-31-43-51(111-115(91,92)93)49(85)61(109-43)79-37-77-47-55(67)73-35-75-57(47)79)53(87)59(89)71-27-17-45(83)69-25-15-41(81)29-65(21-22-65)19-9-7-13-39-11-5-6-12-40(39)14-8-10-20-66(23-24-66)30-42(82)16-26-70-46(84)18-28-72-60(90)54(88)64(3,4)34-108-120(103,104)114-118(99,100)106-32-44-52(112-116(94,95)96)50(86)62(110-44)80-38-78-48-56(68)74-36-76-58(48)80/h5-6,11-12,35-38,43-44,49-54,61-62,85-88H,7-10,13-34H2,1-4H3,(H,69,83)(H,70,84)(H,71,89)(H,72,90)(H,97,98)(H,99,100)(H,101,102)(H,103,104)(H2,67,73,75)(H2,68,74,76)(H2,91,92,93)(H2,94,95,96). The first kappa shape index (κ1) is 97.4. The average Bonchev–Trinajstić information content (AvgIpc) is 1.63. The highest BCUT2D eigenvalue weighted by molar-refractivity contribution is 7.61. The lowest BCUT2D eigenvalue weighted by molar-refractivity contribution is -0.137. The molecule has 6 heterocycles. The Bertz CT molecular complexity index is 4470. The molecule has 0 radical (unpaired) electrons. The summed E-state index contributed by atoms with van der Waals surface area (Å²) in [5.74, 6) is -3.18. The Labute approximate surface area is 685 Å². The Morgan fingerprint density at radius 1 is 0.517 bits per heavy atom. The minimum Gasteiger partial charge on any atom is -0.386 e. The second-order valence-electron chi connectivity index (χ2n) is 31.3. The number of phosphoric acid groups is 6. The van der Waals surface area contributed by atoms with E-state index in [-0.39, 0.29) is 108 Å². The Kier molecular flexibility index (Phi) is 33.1. The average molecular weight is 1820 g/mol. The van der Waals surface area contributed by atoms with E-state index >= 15 is 0 Å². The zero-order valence-electron chi connectivity index (χ0n) is 65.5. The van der Waals surface area contributed by atoms with Crippen molar-refractivity contribution in [1.29, 1.82) is 0 Å². The molecule has 0 spiro atoms. The number of ether oxygens (including phenoxy) is 2. The van der Waals surface area contributed by atoms with E-state index in [1.54, 1.807) is 0 Å². The number of Topliss-reactive ketones (excluding diaryl/α,β-unsaturated/α-hetero) is 2. The van der Waals surface area contributed by atoms with Crippen LogP contribution in [0, 0.1) is 21.7 Å². The Morgan fingerprint density at radius 2 is 0.867 bits per heavy atom. The molecular weight excluding hydrogens is 1720 g/mol. The first-order chi connectivity index (χ1) is 56.0. The van der Waals surface area contributed by atoms with E-state index in [1.165, 1.54) is 38.8 Å². The minimum atomic E-state index is -5.64. The van der Waals surface area contributed by atoms with Crippen LogP contribution in [0.4, 0.5) is 11.6 Å². The number of aliphatic hydroxyl groups excluding tert-OH is 4. The molecule has 54 heteroatoms. The zero-order valence-corrected chi connectivity index (χ0v) is 70.9. The second-order valence-corrected chi connectivity index (χ2v) is 39.7. The van der Waals surface area contributed by atoms with Crippen LogP contribution in [0.25, 0.3) is 22.3 Å². The second kappa shape index (κ2) is 40.7. The van der Waals surface area contributed by atoms with Crippen molar-refractivity contribution in [1.82, 2.24) is 60.3 Å². The number of nitrogens with two attached hydrogens (primary N) is 2. The van der Waals surface area contributed by atoms with Gasteiger partial charge in [-0.05, 0) is 86.2 Å². The van der Waals surface area contributed by atoms with Gasteiger partial charge in [-0.15, -0.1) is 0 Å². The molecule has 9 rings (SSSR count). The Balaban J connectivity index is 0.583. The van der Waals surface area contributed by atoms with Gasteiger partial charge >= 0.3 is 46.9 Å². The number of aromatic nitrogens is 8. The third-order valence-electron chi connectivity index (χ3n) is 20.6.